The molecule has 4 heteroatoms. The molecule has 1 aromatic rings. The first-order chi connectivity index (χ1) is 8.09. The van der Waals surface area contributed by atoms with Crippen LogP contribution in [0.5, 0.6) is 0 Å². The van der Waals surface area contributed by atoms with Crippen LogP contribution in [-0.2, 0) is 11.3 Å². The molecule has 1 unspecified atom stereocenters. The van der Waals surface area contributed by atoms with E-state index in [2.05, 4.69) is 11.0 Å². The van der Waals surface area contributed by atoms with E-state index in [1.165, 1.54) is 4.88 Å². The largest absolute Gasteiger partial charge is 0.480 e. The summed E-state index contributed by atoms with van der Waals surface area (Å²) in [5, 5.41) is 11.4. The van der Waals surface area contributed by atoms with Crippen molar-refractivity contribution in [2.75, 3.05) is 0 Å². The lowest BCUT2D eigenvalue weighted by atomic mass is 10.0. The van der Waals surface area contributed by atoms with E-state index in [1.54, 1.807) is 11.3 Å². The molecule has 0 aliphatic heterocycles. The van der Waals surface area contributed by atoms with Crippen LogP contribution in [0.25, 0.3) is 0 Å². The second kappa shape index (κ2) is 5.19. The highest BCUT2D eigenvalue weighted by Gasteiger charge is 2.38. The molecular formula is C13H19NO2S. The molecule has 1 fully saturated rings. The Morgan fingerprint density at radius 3 is 2.71 bits per heavy atom. The first-order valence-electron chi connectivity index (χ1n) is 6.10. The minimum absolute atomic E-state index is 0.146. The molecule has 1 saturated carbocycles. The van der Waals surface area contributed by atoms with E-state index < -0.39 is 5.97 Å². The quantitative estimate of drug-likeness (QED) is 0.847. The Hall–Kier alpha value is -0.870. The van der Waals surface area contributed by atoms with Crippen molar-refractivity contribution < 1.29 is 9.90 Å². The van der Waals surface area contributed by atoms with E-state index in [1.807, 2.05) is 25.3 Å². The van der Waals surface area contributed by atoms with Crippen LogP contribution < -0.4 is 0 Å². The van der Waals surface area contributed by atoms with Crippen molar-refractivity contribution in [3.63, 3.8) is 0 Å². The standard InChI is InChI=1S/C13H19NO2S/c1-9(2)12(13(15)16)14(10-5-6-10)8-11-4-3-7-17-11/h3-4,7,9-10,12H,5-6,8H2,1-2H3,(H,15,16). The lowest BCUT2D eigenvalue weighted by Gasteiger charge is -2.31. The van der Waals surface area contributed by atoms with Gasteiger partial charge in [0.25, 0.3) is 0 Å². The fourth-order valence-electron chi connectivity index (χ4n) is 2.25. The highest BCUT2D eigenvalue weighted by molar-refractivity contribution is 7.09. The maximum atomic E-state index is 11.4. The first kappa shape index (κ1) is 12.6. The van der Waals surface area contributed by atoms with Crippen LogP contribution >= 0.6 is 11.3 Å². The van der Waals surface area contributed by atoms with Crippen LogP contribution in [0.4, 0.5) is 0 Å². The average molecular weight is 253 g/mol. The first-order valence-corrected chi connectivity index (χ1v) is 6.98. The van der Waals surface area contributed by atoms with E-state index in [0.29, 0.717) is 6.04 Å². The number of hydrogen-bond acceptors (Lipinski definition) is 3. The molecule has 1 N–H and O–H groups in total. The van der Waals surface area contributed by atoms with Gasteiger partial charge in [0, 0.05) is 17.5 Å². The second-order valence-electron chi connectivity index (χ2n) is 5.01. The van der Waals surface area contributed by atoms with Crippen molar-refractivity contribution in [3.05, 3.63) is 22.4 Å². The van der Waals surface area contributed by atoms with E-state index in [9.17, 15) is 9.90 Å². The molecule has 17 heavy (non-hydrogen) atoms. The second-order valence-corrected chi connectivity index (χ2v) is 6.04. The van der Waals surface area contributed by atoms with Gasteiger partial charge in [-0.15, -0.1) is 11.3 Å². The smallest absolute Gasteiger partial charge is 0.321 e. The number of aliphatic carboxylic acids is 1. The summed E-state index contributed by atoms with van der Waals surface area (Å²) in [5.41, 5.74) is 0. The van der Waals surface area contributed by atoms with Crippen molar-refractivity contribution in [1.29, 1.82) is 0 Å². The summed E-state index contributed by atoms with van der Waals surface area (Å²) < 4.78 is 0. The molecule has 0 radical (unpaired) electrons. The van der Waals surface area contributed by atoms with Gasteiger partial charge in [0.15, 0.2) is 0 Å². The summed E-state index contributed by atoms with van der Waals surface area (Å²) in [4.78, 5) is 14.8. The molecule has 1 aliphatic rings. The Balaban J connectivity index is 2.12. The van der Waals surface area contributed by atoms with E-state index in [4.69, 9.17) is 0 Å². The van der Waals surface area contributed by atoms with Crippen LogP contribution in [-0.4, -0.2) is 28.1 Å². The lowest BCUT2D eigenvalue weighted by Crippen LogP contribution is -2.45. The van der Waals surface area contributed by atoms with Gasteiger partial charge in [0.2, 0.25) is 0 Å². The average Bonchev–Trinajstić information content (AvgIpc) is 2.96. The molecule has 1 atom stereocenters. The van der Waals surface area contributed by atoms with Gasteiger partial charge in [-0.05, 0) is 30.2 Å². The molecule has 1 aliphatic carbocycles. The van der Waals surface area contributed by atoms with Gasteiger partial charge in [0.1, 0.15) is 6.04 Å². The predicted octanol–water partition coefficient (Wildman–Crippen LogP) is 2.82. The molecule has 3 nitrogen and oxygen atoms in total. The summed E-state index contributed by atoms with van der Waals surface area (Å²) in [6.07, 6.45) is 2.28. The zero-order chi connectivity index (χ0) is 12.4. The highest BCUT2D eigenvalue weighted by Crippen LogP contribution is 2.32. The Bertz CT molecular complexity index is 371. The Kier molecular flexibility index (Phi) is 3.84. The lowest BCUT2D eigenvalue weighted by molar-refractivity contribution is -0.145. The number of hydrogen-bond donors (Lipinski definition) is 1. The number of carbonyl (C=O) groups is 1. The Labute approximate surface area is 106 Å². The molecule has 1 heterocycles. The molecule has 0 amide bonds. The molecular weight excluding hydrogens is 234 g/mol. The zero-order valence-corrected chi connectivity index (χ0v) is 11.1. The van der Waals surface area contributed by atoms with Crippen molar-refractivity contribution in [1.82, 2.24) is 4.90 Å². The van der Waals surface area contributed by atoms with Crippen LogP contribution in [0.15, 0.2) is 17.5 Å². The molecule has 94 valence electrons. The SMILES string of the molecule is CC(C)C(C(=O)O)N(Cc1cccs1)C1CC1. The summed E-state index contributed by atoms with van der Waals surface area (Å²) in [7, 11) is 0. The minimum atomic E-state index is -0.691. The van der Waals surface area contributed by atoms with Gasteiger partial charge in [-0.25, -0.2) is 0 Å². The summed E-state index contributed by atoms with van der Waals surface area (Å²) in [5.74, 6) is -0.545. The normalized spacial score (nSPS) is 17.6. The van der Waals surface area contributed by atoms with Gasteiger partial charge in [-0.1, -0.05) is 19.9 Å². The topological polar surface area (TPSA) is 40.5 Å². The summed E-state index contributed by atoms with van der Waals surface area (Å²) in [6.45, 7) is 4.75. The van der Waals surface area contributed by atoms with Gasteiger partial charge < -0.3 is 5.11 Å². The zero-order valence-electron chi connectivity index (χ0n) is 10.3. The third-order valence-corrected chi connectivity index (χ3v) is 4.04. The van der Waals surface area contributed by atoms with Crippen LogP contribution in [0, 0.1) is 5.92 Å². The molecule has 1 aromatic heterocycles. The molecule has 0 aromatic carbocycles. The molecule has 2 rings (SSSR count). The van der Waals surface area contributed by atoms with Gasteiger partial charge in [-0.3, -0.25) is 9.69 Å². The summed E-state index contributed by atoms with van der Waals surface area (Å²) >= 11 is 1.70. The number of rotatable bonds is 6. The van der Waals surface area contributed by atoms with Crippen LogP contribution in [0.2, 0.25) is 0 Å². The Morgan fingerprint density at radius 2 is 2.29 bits per heavy atom. The molecule has 0 bridgehead atoms. The van der Waals surface area contributed by atoms with E-state index in [0.717, 1.165) is 19.4 Å². The molecule has 0 spiro atoms. The maximum Gasteiger partial charge on any atom is 0.321 e. The Morgan fingerprint density at radius 1 is 1.59 bits per heavy atom. The van der Waals surface area contributed by atoms with Crippen molar-refractivity contribution >= 4 is 17.3 Å². The number of nitrogens with zero attached hydrogens (tertiary/aromatic N) is 1. The monoisotopic (exact) mass is 253 g/mol. The van der Waals surface area contributed by atoms with Crippen molar-refractivity contribution in [2.24, 2.45) is 5.92 Å². The van der Waals surface area contributed by atoms with Gasteiger partial charge in [0.05, 0.1) is 0 Å². The predicted molar refractivity (Wildman–Crippen MR) is 69.1 cm³/mol. The highest BCUT2D eigenvalue weighted by atomic mass is 32.1. The number of carboxylic acid groups (broad SMARTS) is 1. The third kappa shape index (κ3) is 3.07. The van der Waals surface area contributed by atoms with Gasteiger partial charge >= 0.3 is 5.97 Å². The van der Waals surface area contributed by atoms with E-state index >= 15 is 0 Å². The van der Waals surface area contributed by atoms with E-state index in [-0.39, 0.29) is 12.0 Å². The van der Waals surface area contributed by atoms with Crippen molar-refractivity contribution in [2.45, 2.75) is 45.3 Å². The third-order valence-electron chi connectivity index (χ3n) is 3.18. The fourth-order valence-corrected chi connectivity index (χ4v) is 2.97. The fraction of sp³-hybridized carbons (Fsp3) is 0.615. The number of carboxylic acids is 1. The molecule has 0 saturated heterocycles. The number of thiophene rings is 1. The summed E-state index contributed by atoms with van der Waals surface area (Å²) in [6, 6.07) is 4.22. The maximum absolute atomic E-state index is 11.4. The van der Waals surface area contributed by atoms with Crippen LogP contribution in [0.3, 0.4) is 0 Å². The van der Waals surface area contributed by atoms with Crippen LogP contribution in [0.1, 0.15) is 31.6 Å². The van der Waals surface area contributed by atoms with Gasteiger partial charge in [-0.2, -0.15) is 0 Å². The van der Waals surface area contributed by atoms with Crippen molar-refractivity contribution in [3.8, 4) is 0 Å². The minimum Gasteiger partial charge on any atom is -0.480 e.